The quantitative estimate of drug-likeness (QED) is 0.728. The molecule has 14 heavy (non-hydrogen) atoms. The van der Waals surface area contributed by atoms with Gasteiger partial charge in [0, 0.05) is 39.8 Å². The summed E-state index contributed by atoms with van der Waals surface area (Å²) < 4.78 is 0. The summed E-state index contributed by atoms with van der Waals surface area (Å²) in [6.45, 7) is 6.55. The zero-order chi connectivity index (χ0) is 10.4. The molecule has 0 unspecified atom stereocenters. The third kappa shape index (κ3) is 3.18. The standard InChI is InChI=1S/C10H21N3O/c1-3-4-7-12(2)10(14)13-8-5-11-6-9-13/h11H,3-9H2,1-2H3. The first-order valence-electron chi connectivity index (χ1n) is 5.46. The van der Waals surface area contributed by atoms with Gasteiger partial charge in [-0.1, -0.05) is 13.3 Å². The molecule has 1 saturated heterocycles. The van der Waals surface area contributed by atoms with Crippen LogP contribution in [-0.4, -0.2) is 55.6 Å². The Morgan fingerprint density at radius 2 is 2.07 bits per heavy atom. The van der Waals surface area contributed by atoms with Gasteiger partial charge in [0.1, 0.15) is 0 Å². The van der Waals surface area contributed by atoms with Gasteiger partial charge in [0.05, 0.1) is 0 Å². The number of unbranched alkanes of at least 4 members (excludes halogenated alkanes) is 1. The van der Waals surface area contributed by atoms with Crippen LogP contribution in [0.2, 0.25) is 0 Å². The topological polar surface area (TPSA) is 35.6 Å². The van der Waals surface area contributed by atoms with Gasteiger partial charge in [-0.15, -0.1) is 0 Å². The number of nitrogens with one attached hydrogen (secondary N) is 1. The van der Waals surface area contributed by atoms with E-state index in [-0.39, 0.29) is 6.03 Å². The molecule has 1 aliphatic heterocycles. The average molecular weight is 199 g/mol. The molecule has 2 amide bonds. The fourth-order valence-corrected chi connectivity index (χ4v) is 1.59. The summed E-state index contributed by atoms with van der Waals surface area (Å²) >= 11 is 0. The van der Waals surface area contributed by atoms with Crippen LogP contribution in [0.4, 0.5) is 4.79 Å². The summed E-state index contributed by atoms with van der Waals surface area (Å²) in [5.74, 6) is 0. The zero-order valence-corrected chi connectivity index (χ0v) is 9.25. The van der Waals surface area contributed by atoms with Gasteiger partial charge in [-0.25, -0.2) is 4.79 Å². The van der Waals surface area contributed by atoms with Gasteiger partial charge < -0.3 is 15.1 Å². The van der Waals surface area contributed by atoms with E-state index in [0.717, 1.165) is 45.6 Å². The molecule has 0 atom stereocenters. The van der Waals surface area contributed by atoms with Crippen LogP contribution in [0.5, 0.6) is 0 Å². The number of rotatable bonds is 3. The Morgan fingerprint density at radius 1 is 1.43 bits per heavy atom. The summed E-state index contributed by atoms with van der Waals surface area (Å²) in [5.41, 5.74) is 0. The highest BCUT2D eigenvalue weighted by Crippen LogP contribution is 2.00. The minimum absolute atomic E-state index is 0.181. The van der Waals surface area contributed by atoms with Crippen LogP contribution in [0, 0.1) is 0 Å². The van der Waals surface area contributed by atoms with E-state index < -0.39 is 0 Å². The second kappa shape index (κ2) is 5.86. The van der Waals surface area contributed by atoms with Crippen LogP contribution in [0.1, 0.15) is 19.8 Å². The van der Waals surface area contributed by atoms with Crippen LogP contribution in [0.3, 0.4) is 0 Å². The number of carbonyl (C=O) groups excluding carboxylic acids is 1. The Morgan fingerprint density at radius 3 is 2.64 bits per heavy atom. The third-order valence-electron chi connectivity index (χ3n) is 2.56. The van der Waals surface area contributed by atoms with Crippen molar-refractivity contribution in [1.82, 2.24) is 15.1 Å². The van der Waals surface area contributed by atoms with E-state index in [1.807, 2.05) is 16.8 Å². The summed E-state index contributed by atoms with van der Waals surface area (Å²) in [7, 11) is 1.89. The minimum atomic E-state index is 0.181. The maximum absolute atomic E-state index is 11.8. The highest BCUT2D eigenvalue weighted by Gasteiger charge is 2.18. The lowest BCUT2D eigenvalue weighted by molar-refractivity contribution is 0.155. The van der Waals surface area contributed by atoms with Gasteiger partial charge in [-0.05, 0) is 6.42 Å². The predicted octanol–water partition coefficient (Wildman–Crippen LogP) is 0.744. The molecule has 0 bridgehead atoms. The molecule has 1 rings (SSSR count). The average Bonchev–Trinajstić information content (AvgIpc) is 2.26. The number of hydrogen-bond donors (Lipinski definition) is 1. The Balaban J connectivity index is 2.30. The molecule has 0 aliphatic carbocycles. The van der Waals surface area contributed by atoms with Gasteiger partial charge in [0.15, 0.2) is 0 Å². The van der Waals surface area contributed by atoms with Crippen molar-refractivity contribution in [3.8, 4) is 0 Å². The molecule has 0 spiro atoms. The van der Waals surface area contributed by atoms with E-state index in [0.29, 0.717) is 0 Å². The summed E-state index contributed by atoms with van der Waals surface area (Å²) in [4.78, 5) is 15.6. The molecular weight excluding hydrogens is 178 g/mol. The molecule has 0 aromatic rings. The molecule has 1 N–H and O–H groups in total. The van der Waals surface area contributed by atoms with Crippen molar-refractivity contribution < 1.29 is 4.79 Å². The van der Waals surface area contributed by atoms with Crippen molar-refractivity contribution in [2.75, 3.05) is 39.8 Å². The van der Waals surface area contributed by atoms with Crippen molar-refractivity contribution in [2.45, 2.75) is 19.8 Å². The van der Waals surface area contributed by atoms with Gasteiger partial charge >= 0.3 is 6.03 Å². The number of amides is 2. The Labute approximate surface area is 86.2 Å². The highest BCUT2D eigenvalue weighted by molar-refractivity contribution is 5.74. The molecule has 0 radical (unpaired) electrons. The van der Waals surface area contributed by atoms with Crippen LogP contribution in [0.25, 0.3) is 0 Å². The van der Waals surface area contributed by atoms with Crippen LogP contribution < -0.4 is 5.32 Å². The highest BCUT2D eigenvalue weighted by atomic mass is 16.2. The number of nitrogens with zero attached hydrogens (tertiary/aromatic N) is 2. The van der Waals surface area contributed by atoms with E-state index >= 15 is 0 Å². The molecule has 1 heterocycles. The molecule has 1 fully saturated rings. The maximum Gasteiger partial charge on any atom is 0.319 e. The van der Waals surface area contributed by atoms with Gasteiger partial charge in [0.2, 0.25) is 0 Å². The van der Waals surface area contributed by atoms with E-state index in [1.165, 1.54) is 0 Å². The van der Waals surface area contributed by atoms with Crippen LogP contribution in [0.15, 0.2) is 0 Å². The van der Waals surface area contributed by atoms with Crippen molar-refractivity contribution in [3.05, 3.63) is 0 Å². The first-order chi connectivity index (χ1) is 6.75. The molecule has 4 nitrogen and oxygen atoms in total. The SMILES string of the molecule is CCCCN(C)C(=O)N1CCNCC1. The molecule has 82 valence electrons. The fourth-order valence-electron chi connectivity index (χ4n) is 1.59. The van der Waals surface area contributed by atoms with Gasteiger partial charge in [-0.2, -0.15) is 0 Å². The van der Waals surface area contributed by atoms with Crippen molar-refractivity contribution in [2.24, 2.45) is 0 Å². The Kier molecular flexibility index (Phi) is 4.73. The van der Waals surface area contributed by atoms with E-state index in [2.05, 4.69) is 12.2 Å². The maximum atomic E-state index is 11.8. The van der Waals surface area contributed by atoms with E-state index in [9.17, 15) is 4.79 Å². The Hall–Kier alpha value is -0.770. The van der Waals surface area contributed by atoms with Crippen molar-refractivity contribution in [1.29, 1.82) is 0 Å². The summed E-state index contributed by atoms with van der Waals surface area (Å²) in [6.07, 6.45) is 2.23. The van der Waals surface area contributed by atoms with Gasteiger partial charge in [-0.3, -0.25) is 0 Å². The smallest absolute Gasteiger partial charge is 0.319 e. The third-order valence-corrected chi connectivity index (χ3v) is 2.56. The summed E-state index contributed by atoms with van der Waals surface area (Å²) in [6, 6.07) is 0.181. The molecule has 0 saturated carbocycles. The lowest BCUT2D eigenvalue weighted by Gasteiger charge is -2.31. The minimum Gasteiger partial charge on any atom is -0.328 e. The van der Waals surface area contributed by atoms with Crippen molar-refractivity contribution >= 4 is 6.03 Å². The number of urea groups is 1. The number of hydrogen-bond acceptors (Lipinski definition) is 2. The van der Waals surface area contributed by atoms with Gasteiger partial charge in [0.25, 0.3) is 0 Å². The van der Waals surface area contributed by atoms with Crippen molar-refractivity contribution in [3.63, 3.8) is 0 Å². The first-order valence-corrected chi connectivity index (χ1v) is 5.46. The second-order valence-corrected chi connectivity index (χ2v) is 3.79. The van der Waals surface area contributed by atoms with E-state index in [4.69, 9.17) is 0 Å². The van der Waals surface area contributed by atoms with Crippen LogP contribution >= 0.6 is 0 Å². The molecule has 4 heteroatoms. The fraction of sp³-hybridized carbons (Fsp3) is 0.900. The monoisotopic (exact) mass is 199 g/mol. The summed E-state index contributed by atoms with van der Waals surface area (Å²) in [5, 5.41) is 3.24. The number of piperazine rings is 1. The predicted molar refractivity (Wildman–Crippen MR) is 57.4 cm³/mol. The van der Waals surface area contributed by atoms with E-state index in [1.54, 1.807) is 0 Å². The largest absolute Gasteiger partial charge is 0.328 e. The second-order valence-electron chi connectivity index (χ2n) is 3.79. The lowest BCUT2D eigenvalue weighted by Crippen LogP contribution is -2.50. The Bertz CT molecular complexity index is 178. The molecule has 0 aromatic carbocycles. The lowest BCUT2D eigenvalue weighted by atomic mass is 10.3. The first kappa shape index (κ1) is 11.3. The molecule has 1 aliphatic rings. The number of carbonyl (C=O) groups is 1. The normalized spacial score (nSPS) is 16.9. The molecule has 0 aromatic heterocycles. The van der Waals surface area contributed by atoms with Crippen LogP contribution in [-0.2, 0) is 0 Å². The zero-order valence-electron chi connectivity index (χ0n) is 9.25. The molecular formula is C10H21N3O.